The van der Waals surface area contributed by atoms with Crippen molar-refractivity contribution in [3.63, 3.8) is 0 Å². The van der Waals surface area contributed by atoms with Crippen LogP contribution in [0.3, 0.4) is 0 Å². The molecule has 0 spiro atoms. The highest BCUT2D eigenvalue weighted by molar-refractivity contribution is 7.94. The van der Waals surface area contributed by atoms with Crippen LogP contribution in [0.15, 0.2) is 70.3 Å². The summed E-state index contributed by atoms with van der Waals surface area (Å²) in [5, 5.41) is 1.72. The standard InChI is InChI=1S/C23H26N2O6S2/c1-24(14-15-30-20-12-10-19(29-3)11-13-20)22(26)17-31-21-8-6-18(7-9-21)25(2)33(27,28)23-5-4-16-32-23/h4-13,16H,14-15,17H2,1-3H3. The number of carbonyl (C=O) groups is 1. The number of anilines is 1. The molecule has 0 unspecified atom stereocenters. The molecule has 1 aromatic heterocycles. The molecular formula is C23H26N2O6S2. The highest BCUT2D eigenvalue weighted by atomic mass is 32.2. The van der Waals surface area contributed by atoms with Gasteiger partial charge in [-0.3, -0.25) is 9.10 Å². The lowest BCUT2D eigenvalue weighted by Crippen LogP contribution is -2.34. The van der Waals surface area contributed by atoms with E-state index in [9.17, 15) is 13.2 Å². The van der Waals surface area contributed by atoms with Crippen molar-refractivity contribution in [2.24, 2.45) is 0 Å². The fourth-order valence-electron chi connectivity index (χ4n) is 2.79. The molecule has 10 heteroatoms. The Morgan fingerprint density at radius 1 is 0.909 bits per heavy atom. The number of methoxy groups -OCH3 is 1. The summed E-state index contributed by atoms with van der Waals surface area (Å²) in [6.45, 7) is 0.606. The van der Waals surface area contributed by atoms with Crippen LogP contribution in [0.25, 0.3) is 0 Å². The van der Waals surface area contributed by atoms with Crippen molar-refractivity contribution in [2.45, 2.75) is 4.21 Å². The molecular weight excluding hydrogens is 464 g/mol. The van der Waals surface area contributed by atoms with Gasteiger partial charge in [-0.1, -0.05) is 6.07 Å². The maximum Gasteiger partial charge on any atom is 0.273 e. The van der Waals surface area contributed by atoms with E-state index in [0.29, 0.717) is 30.3 Å². The molecule has 1 amide bonds. The maximum atomic E-state index is 12.6. The number of sulfonamides is 1. The van der Waals surface area contributed by atoms with Crippen LogP contribution in [0.5, 0.6) is 17.2 Å². The van der Waals surface area contributed by atoms with Gasteiger partial charge in [-0.25, -0.2) is 8.42 Å². The third-order valence-corrected chi connectivity index (χ3v) is 8.01. The van der Waals surface area contributed by atoms with Crippen LogP contribution in [-0.2, 0) is 14.8 Å². The molecule has 1 heterocycles. The van der Waals surface area contributed by atoms with E-state index in [1.54, 1.807) is 80.2 Å². The lowest BCUT2D eigenvalue weighted by atomic mass is 10.3. The highest BCUT2D eigenvalue weighted by Crippen LogP contribution is 2.26. The highest BCUT2D eigenvalue weighted by Gasteiger charge is 2.22. The van der Waals surface area contributed by atoms with Gasteiger partial charge in [0.2, 0.25) is 0 Å². The molecule has 0 saturated heterocycles. The number of rotatable bonds is 11. The average molecular weight is 491 g/mol. The van der Waals surface area contributed by atoms with Crippen molar-refractivity contribution in [1.29, 1.82) is 0 Å². The van der Waals surface area contributed by atoms with Gasteiger partial charge in [0.15, 0.2) is 6.61 Å². The summed E-state index contributed by atoms with van der Waals surface area (Å²) in [5.74, 6) is 1.71. The van der Waals surface area contributed by atoms with E-state index in [1.807, 2.05) is 0 Å². The number of amides is 1. The third-order valence-electron chi connectivity index (χ3n) is 4.85. The Morgan fingerprint density at radius 3 is 2.12 bits per heavy atom. The monoisotopic (exact) mass is 490 g/mol. The summed E-state index contributed by atoms with van der Waals surface area (Å²) in [4.78, 5) is 13.8. The van der Waals surface area contributed by atoms with Crippen LogP contribution in [0.4, 0.5) is 5.69 Å². The van der Waals surface area contributed by atoms with Crippen molar-refractivity contribution in [1.82, 2.24) is 4.90 Å². The van der Waals surface area contributed by atoms with Crippen molar-refractivity contribution >= 4 is 33.0 Å². The number of thiophene rings is 1. The summed E-state index contributed by atoms with van der Waals surface area (Å²) in [6, 6.07) is 17.0. The van der Waals surface area contributed by atoms with E-state index in [-0.39, 0.29) is 16.7 Å². The predicted octanol–water partition coefficient (Wildman–Crippen LogP) is 3.50. The molecule has 0 aliphatic rings. The van der Waals surface area contributed by atoms with Crippen molar-refractivity contribution in [3.8, 4) is 17.2 Å². The lowest BCUT2D eigenvalue weighted by molar-refractivity contribution is -0.132. The number of ether oxygens (including phenoxy) is 3. The molecule has 0 fully saturated rings. The summed E-state index contributed by atoms with van der Waals surface area (Å²) in [6.07, 6.45) is 0. The summed E-state index contributed by atoms with van der Waals surface area (Å²) in [7, 11) is 1.17. The summed E-state index contributed by atoms with van der Waals surface area (Å²) >= 11 is 1.17. The van der Waals surface area contributed by atoms with Crippen LogP contribution in [0.1, 0.15) is 0 Å². The van der Waals surface area contributed by atoms with E-state index in [2.05, 4.69) is 0 Å². The molecule has 0 saturated carbocycles. The Bertz CT molecular complexity index is 1130. The van der Waals surface area contributed by atoms with Gasteiger partial charge in [-0.2, -0.15) is 0 Å². The van der Waals surface area contributed by atoms with Gasteiger partial charge in [0.1, 0.15) is 28.1 Å². The third kappa shape index (κ3) is 6.39. The Hall–Kier alpha value is -3.24. The second-order valence-corrected chi connectivity index (χ2v) is 10.2. The molecule has 33 heavy (non-hydrogen) atoms. The van der Waals surface area contributed by atoms with Gasteiger partial charge >= 0.3 is 0 Å². The number of benzene rings is 2. The largest absolute Gasteiger partial charge is 0.497 e. The minimum Gasteiger partial charge on any atom is -0.497 e. The summed E-state index contributed by atoms with van der Waals surface area (Å²) in [5.41, 5.74) is 0.495. The van der Waals surface area contributed by atoms with Crippen LogP contribution in [0.2, 0.25) is 0 Å². The number of carbonyl (C=O) groups excluding carboxylic acids is 1. The van der Waals surface area contributed by atoms with Crippen LogP contribution in [0, 0.1) is 0 Å². The van der Waals surface area contributed by atoms with Gasteiger partial charge < -0.3 is 19.1 Å². The number of likely N-dealkylation sites (N-methyl/N-ethyl adjacent to an activating group) is 1. The van der Waals surface area contributed by atoms with Crippen molar-refractivity contribution in [2.75, 3.05) is 45.3 Å². The Kier molecular flexibility index (Phi) is 8.18. The van der Waals surface area contributed by atoms with E-state index in [4.69, 9.17) is 14.2 Å². The fraction of sp³-hybridized carbons (Fsp3) is 0.261. The lowest BCUT2D eigenvalue weighted by Gasteiger charge is -2.19. The summed E-state index contributed by atoms with van der Waals surface area (Å²) < 4.78 is 43.0. The first kappa shape index (κ1) is 24.4. The number of hydrogen-bond donors (Lipinski definition) is 0. The molecule has 3 aromatic rings. The van der Waals surface area contributed by atoms with Gasteiger partial charge in [0.25, 0.3) is 15.9 Å². The molecule has 0 bridgehead atoms. The van der Waals surface area contributed by atoms with Crippen LogP contribution in [-0.4, -0.2) is 60.2 Å². The zero-order valence-electron chi connectivity index (χ0n) is 18.6. The van der Waals surface area contributed by atoms with Gasteiger partial charge in [0, 0.05) is 14.1 Å². The van der Waals surface area contributed by atoms with Gasteiger partial charge in [0.05, 0.1) is 19.3 Å². The number of nitrogens with zero attached hydrogens (tertiary/aromatic N) is 2. The first-order valence-corrected chi connectivity index (χ1v) is 12.4. The fourth-order valence-corrected chi connectivity index (χ4v) is 5.15. The minimum absolute atomic E-state index is 0.137. The van der Waals surface area contributed by atoms with Crippen LogP contribution < -0.4 is 18.5 Å². The second-order valence-electron chi connectivity index (χ2n) is 7.03. The second kappa shape index (κ2) is 11.1. The van der Waals surface area contributed by atoms with Gasteiger partial charge in [-0.05, 0) is 60.0 Å². The molecule has 0 atom stereocenters. The molecule has 176 valence electrons. The maximum absolute atomic E-state index is 12.6. The first-order valence-electron chi connectivity index (χ1n) is 10.1. The van der Waals surface area contributed by atoms with E-state index in [0.717, 1.165) is 5.75 Å². The molecule has 2 aromatic carbocycles. The van der Waals surface area contributed by atoms with E-state index in [1.165, 1.54) is 27.6 Å². The minimum atomic E-state index is -3.60. The normalized spacial score (nSPS) is 11.0. The quantitative estimate of drug-likeness (QED) is 0.409. The number of hydrogen-bond acceptors (Lipinski definition) is 7. The van der Waals surface area contributed by atoms with E-state index < -0.39 is 10.0 Å². The average Bonchev–Trinajstić information content (AvgIpc) is 3.39. The smallest absolute Gasteiger partial charge is 0.273 e. The van der Waals surface area contributed by atoms with Crippen molar-refractivity contribution < 1.29 is 27.4 Å². The Morgan fingerprint density at radius 2 is 1.52 bits per heavy atom. The molecule has 0 aliphatic carbocycles. The molecule has 0 radical (unpaired) electrons. The Balaban J connectivity index is 1.45. The molecule has 0 N–H and O–H groups in total. The first-order chi connectivity index (χ1) is 15.8. The van der Waals surface area contributed by atoms with Crippen LogP contribution >= 0.6 is 11.3 Å². The van der Waals surface area contributed by atoms with E-state index >= 15 is 0 Å². The Labute approximate surface area is 198 Å². The zero-order valence-corrected chi connectivity index (χ0v) is 20.3. The van der Waals surface area contributed by atoms with Crippen molar-refractivity contribution in [3.05, 3.63) is 66.0 Å². The molecule has 3 rings (SSSR count). The topological polar surface area (TPSA) is 85.4 Å². The molecule has 0 aliphatic heterocycles. The predicted molar refractivity (Wildman–Crippen MR) is 128 cm³/mol. The molecule has 8 nitrogen and oxygen atoms in total. The SMILES string of the molecule is COc1ccc(OCCN(C)C(=O)COc2ccc(N(C)S(=O)(=O)c3cccs3)cc2)cc1. The van der Waals surface area contributed by atoms with Gasteiger partial charge in [-0.15, -0.1) is 11.3 Å². The zero-order chi connectivity index (χ0) is 23.8.